The molecule has 0 spiro atoms. The molecule has 0 saturated carbocycles. The Labute approximate surface area is 153 Å². The quantitative estimate of drug-likeness (QED) is 0.653. The van der Waals surface area contributed by atoms with Crippen LogP contribution in [0.3, 0.4) is 0 Å². The molecule has 0 aliphatic carbocycles. The van der Waals surface area contributed by atoms with Gasteiger partial charge in [0.25, 0.3) is 0 Å². The number of piperazine rings is 1. The number of thioether (sulfide) groups is 1. The molecule has 5 heteroatoms. The Morgan fingerprint density at radius 3 is 2.50 bits per heavy atom. The van der Waals surface area contributed by atoms with Crippen molar-refractivity contribution in [1.29, 1.82) is 0 Å². The molecule has 0 atom stereocenters. The van der Waals surface area contributed by atoms with Gasteiger partial charge in [0.1, 0.15) is 6.54 Å². The van der Waals surface area contributed by atoms with E-state index >= 15 is 0 Å². The highest BCUT2D eigenvalue weighted by Gasteiger charge is 2.19. The summed E-state index contributed by atoms with van der Waals surface area (Å²) in [6, 6.07) is 16.7. The molecule has 0 unspecified atom stereocenters. The fraction of sp³-hybridized carbons (Fsp3) is 0.316. The standard InChI is InChI=1S/C19H22ClN3S/c1-24-18-8-6-16(7-9-18)14-21-23-12-10-22(11-13-23)15-17-4-2-3-5-19(17)20/h2-9,14H,10-13,15H2,1H3/p+1. The van der Waals surface area contributed by atoms with Gasteiger partial charge in [-0.15, -0.1) is 11.8 Å². The molecule has 24 heavy (non-hydrogen) atoms. The van der Waals surface area contributed by atoms with Crippen LogP contribution in [0.5, 0.6) is 0 Å². The molecule has 3 nitrogen and oxygen atoms in total. The molecular weight excluding hydrogens is 338 g/mol. The van der Waals surface area contributed by atoms with Gasteiger partial charge >= 0.3 is 0 Å². The van der Waals surface area contributed by atoms with Gasteiger partial charge in [0.05, 0.1) is 32.4 Å². The van der Waals surface area contributed by atoms with Crippen LogP contribution in [0.15, 0.2) is 58.5 Å². The normalized spacial score (nSPS) is 16.0. The van der Waals surface area contributed by atoms with E-state index < -0.39 is 0 Å². The van der Waals surface area contributed by atoms with Crippen LogP contribution in [-0.2, 0) is 6.54 Å². The summed E-state index contributed by atoms with van der Waals surface area (Å²) in [5, 5.41) is 7.67. The van der Waals surface area contributed by atoms with Gasteiger partial charge in [0.2, 0.25) is 0 Å². The van der Waals surface area contributed by atoms with E-state index in [2.05, 4.69) is 52.8 Å². The average molecular weight is 361 g/mol. The number of hydrogen-bond acceptors (Lipinski definition) is 3. The van der Waals surface area contributed by atoms with E-state index in [1.165, 1.54) is 10.5 Å². The summed E-state index contributed by atoms with van der Waals surface area (Å²) in [6.07, 6.45) is 4.05. The second kappa shape index (κ2) is 8.56. The predicted octanol–water partition coefficient (Wildman–Crippen LogP) is 2.80. The van der Waals surface area contributed by atoms with E-state index in [0.717, 1.165) is 43.3 Å². The summed E-state index contributed by atoms with van der Waals surface area (Å²) >= 11 is 8.02. The molecule has 1 N–H and O–H groups in total. The van der Waals surface area contributed by atoms with Crippen LogP contribution in [0.2, 0.25) is 5.02 Å². The van der Waals surface area contributed by atoms with Gasteiger partial charge in [-0.3, -0.25) is 5.01 Å². The summed E-state index contributed by atoms with van der Waals surface area (Å²) in [7, 11) is 0. The topological polar surface area (TPSA) is 20.0 Å². The fourth-order valence-electron chi connectivity index (χ4n) is 2.85. The van der Waals surface area contributed by atoms with Crippen molar-refractivity contribution >= 4 is 29.6 Å². The Hall–Kier alpha value is -1.49. The largest absolute Gasteiger partial charge is 0.328 e. The molecule has 0 aromatic heterocycles. The molecule has 2 aromatic carbocycles. The van der Waals surface area contributed by atoms with Crippen molar-refractivity contribution < 1.29 is 4.90 Å². The molecule has 3 rings (SSSR count). The molecule has 2 aromatic rings. The third kappa shape index (κ3) is 4.76. The van der Waals surface area contributed by atoms with E-state index in [9.17, 15) is 0 Å². The second-order valence-electron chi connectivity index (χ2n) is 5.99. The SMILES string of the molecule is CSc1ccc(C=NN2CC[NH+](Cc3ccccc3Cl)CC2)cc1. The van der Waals surface area contributed by atoms with Gasteiger partial charge in [-0.25, -0.2) is 0 Å². The lowest BCUT2D eigenvalue weighted by molar-refractivity contribution is -0.918. The first-order valence-corrected chi connectivity index (χ1v) is 9.85. The van der Waals surface area contributed by atoms with E-state index in [1.54, 1.807) is 16.7 Å². The molecule has 1 heterocycles. The number of quaternary nitrogens is 1. The van der Waals surface area contributed by atoms with Crippen molar-refractivity contribution in [3.63, 3.8) is 0 Å². The highest BCUT2D eigenvalue weighted by atomic mass is 35.5. The Bertz CT molecular complexity index is 679. The fourth-order valence-corrected chi connectivity index (χ4v) is 3.46. The van der Waals surface area contributed by atoms with Crippen molar-refractivity contribution in [2.24, 2.45) is 5.10 Å². The highest BCUT2D eigenvalue weighted by molar-refractivity contribution is 7.98. The lowest BCUT2D eigenvalue weighted by Crippen LogP contribution is -3.13. The Kier molecular flexibility index (Phi) is 6.18. The van der Waals surface area contributed by atoms with Crippen LogP contribution in [-0.4, -0.2) is 43.7 Å². The maximum Gasteiger partial charge on any atom is 0.104 e. The third-order valence-corrected chi connectivity index (χ3v) is 5.44. The minimum atomic E-state index is 0.874. The summed E-state index contributed by atoms with van der Waals surface area (Å²) in [4.78, 5) is 2.85. The first kappa shape index (κ1) is 17.3. The molecule has 1 aliphatic rings. The lowest BCUT2D eigenvalue weighted by atomic mass is 10.2. The molecular formula is C19H23ClN3S+. The first-order chi connectivity index (χ1) is 11.7. The number of nitrogens with one attached hydrogen (secondary N) is 1. The highest BCUT2D eigenvalue weighted by Crippen LogP contribution is 2.14. The lowest BCUT2D eigenvalue weighted by Gasteiger charge is -2.30. The number of hydrazone groups is 1. The summed E-state index contributed by atoms with van der Waals surface area (Å²) in [6.45, 7) is 5.15. The van der Waals surface area contributed by atoms with Gasteiger partial charge in [0.15, 0.2) is 0 Å². The van der Waals surface area contributed by atoms with Gasteiger partial charge in [0, 0.05) is 15.5 Å². The molecule has 0 bridgehead atoms. The van der Waals surface area contributed by atoms with Crippen molar-refractivity contribution in [3.05, 3.63) is 64.7 Å². The zero-order chi connectivity index (χ0) is 16.8. The maximum absolute atomic E-state index is 6.26. The van der Waals surface area contributed by atoms with Crippen LogP contribution in [0.1, 0.15) is 11.1 Å². The van der Waals surface area contributed by atoms with Gasteiger partial charge in [-0.05, 0) is 30.0 Å². The van der Waals surface area contributed by atoms with E-state index in [0.29, 0.717) is 0 Å². The minimum absolute atomic E-state index is 0.874. The summed E-state index contributed by atoms with van der Waals surface area (Å²) < 4.78 is 0. The van der Waals surface area contributed by atoms with Crippen LogP contribution in [0.4, 0.5) is 0 Å². The van der Waals surface area contributed by atoms with Crippen LogP contribution in [0, 0.1) is 0 Å². The second-order valence-corrected chi connectivity index (χ2v) is 7.28. The zero-order valence-corrected chi connectivity index (χ0v) is 15.5. The molecule has 126 valence electrons. The van der Waals surface area contributed by atoms with Gasteiger partial charge in [-0.2, -0.15) is 5.10 Å². The minimum Gasteiger partial charge on any atom is -0.328 e. The predicted molar refractivity (Wildman–Crippen MR) is 103 cm³/mol. The first-order valence-electron chi connectivity index (χ1n) is 8.24. The number of nitrogens with zero attached hydrogens (tertiary/aromatic N) is 2. The van der Waals surface area contributed by atoms with E-state index in [-0.39, 0.29) is 0 Å². The number of benzene rings is 2. The Morgan fingerprint density at radius 1 is 1.12 bits per heavy atom. The number of halogens is 1. The molecule has 1 fully saturated rings. The van der Waals surface area contributed by atoms with Crippen molar-refractivity contribution in [1.82, 2.24) is 5.01 Å². The van der Waals surface area contributed by atoms with E-state index in [4.69, 9.17) is 11.6 Å². The molecule has 1 aliphatic heterocycles. The Balaban J connectivity index is 1.49. The van der Waals surface area contributed by atoms with Gasteiger partial charge in [-0.1, -0.05) is 41.9 Å². The molecule has 0 radical (unpaired) electrons. The summed E-state index contributed by atoms with van der Waals surface area (Å²) in [5.74, 6) is 0. The Morgan fingerprint density at radius 2 is 1.83 bits per heavy atom. The van der Waals surface area contributed by atoms with Crippen LogP contribution < -0.4 is 4.90 Å². The van der Waals surface area contributed by atoms with Crippen molar-refractivity contribution in [2.45, 2.75) is 11.4 Å². The number of hydrogen-bond donors (Lipinski definition) is 1. The zero-order valence-electron chi connectivity index (χ0n) is 13.9. The van der Waals surface area contributed by atoms with Crippen molar-refractivity contribution in [3.8, 4) is 0 Å². The molecule has 0 amide bonds. The van der Waals surface area contributed by atoms with Crippen LogP contribution in [0.25, 0.3) is 0 Å². The van der Waals surface area contributed by atoms with Gasteiger partial charge < -0.3 is 4.90 Å². The monoisotopic (exact) mass is 360 g/mol. The maximum atomic E-state index is 6.26. The van der Waals surface area contributed by atoms with Crippen molar-refractivity contribution in [2.75, 3.05) is 32.4 Å². The average Bonchev–Trinajstić information content (AvgIpc) is 2.63. The molecule has 1 saturated heterocycles. The third-order valence-electron chi connectivity index (χ3n) is 4.33. The smallest absolute Gasteiger partial charge is 0.104 e. The van der Waals surface area contributed by atoms with E-state index in [1.807, 2.05) is 18.3 Å². The number of rotatable bonds is 5. The van der Waals surface area contributed by atoms with Crippen LogP contribution >= 0.6 is 23.4 Å². The summed E-state index contributed by atoms with van der Waals surface area (Å²) in [5.41, 5.74) is 2.39.